The van der Waals surface area contributed by atoms with E-state index in [1.165, 1.54) is 6.07 Å². The normalized spacial score (nSPS) is 9.87. The van der Waals surface area contributed by atoms with Crippen molar-refractivity contribution in [2.24, 2.45) is 0 Å². The summed E-state index contributed by atoms with van der Waals surface area (Å²) in [6.07, 6.45) is 2.18. The fourth-order valence-corrected chi connectivity index (χ4v) is 1.26. The van der Waals surface area contributed by atoms with E-state index in [0.717, 1.165) is 5.56 Å². The molecule has 2 rings (SSSR count). The summed E-state index contributed by atoms with van der Waals surface area (Å²) in [5, 5.41) is 17.0. The first-order valence-electron chi connectivity index (χ1n) is 4.37. The molecule has 0 fully saturated rings. The van der Waals surface area contributed by atoms with Crippen LogP contribution < -0.4 is 0 Å². The van der Waals surface area contributed by atoms with Gasteiger partial charge in [0.1, 0.15) is 5.75 Å². The molecule has 0 saturated heterocycles. The zero-order valence-electron chi connectivity index (χ0n) is 7.79. The second-order valence-electron chi connectivity index (χ2n) is 3.00. The van der Waals surface area contributed by atoms with Gasteiger partial charge in [0.25, 0.3) is 0 Å². The van der Waals surface area contributed by atoms with Crippen LogP contribution in [-0.4, -0.2) is 21.6 Å². The van der Waals surface area contributed by atoms with Gasteiger partial charge in [-0.15, -0.1) is 0 Å². The molecule has 0 amide bonds. The lowest BCUT2D eigenvalue weighted by molar-refractivity contribution is 0.112. The van der Waals surface area contributed by atoms with Crippen molar-refractivity contribution in [3.05, 3.63) is 42.1 Å². The molecule has 0 aliphatic heterocycles. The van der Waals surface area contributed by atoms with Crippen LogP contribution in [0.25, 0.3) is 11.3 Å². The van der Waals surface area contributed by atoms with Crippen LogP contribution in [0.4, 0.5) is 0 Å². The zero-order chi connectivity index (χ0) is 10.7. The molecule has 0 atom stereocenters. The van der Waals surface area contributed by atoms with E-state index < -0.39 is 0 Å². The van der Waals surface area contributed by atoms with Crippen LogP contribution in [0.5, 0.6) is 5.75 Å². The highest BCUT2D eigenvalue weighted by molar-refractivity contribution is 5.82. The van der Waals surface area contributed by atoms with E-state index in [-0.39, 0.29) is 11.3 Å². The Labute approximate surface area is 86.2 Å². The molecule has 2 aromatic rings. The number of carbonyl (C=O) groups is 1. The first-order chi connectivity index (χ1) is 7.31. The fraction of sp³-hybridized carbons (Fsp3) is 0. The first-order valence-corrected chi connectivity index (χ1v) is 4.37. The standard InChI is InChI=1S/C11H8N2O2/c14-7-9-6-8(3-4-11(9)15)10-2-1-5-12-13-10/h1-7,15H. The number of hydrogen-bond acceptors (Lipinski definition) is 4. The minimum atomic E-state index is -0.0300. The molecule has 4 nitrogen and oxygen atoms in total. The highest BCUT2D eigenvalue weighted by atomic mass is 16.3. The average molecular weight is 200 g/mol. The fourth-order valence-electron chi connectivity index (χ4n) is 1.26. The summed E-state index contributed by atoms with van der Waals surface area (Å²) in [6.45, 7) is 0. The van der Waals surface area contributed by atoms with E-state index in [1.54, 1.807) is 30.5 Å². The summed E-state index contributed by atoms with van der Waals surface area (Å²) in [6, 6.07) is 8.27. The Balaban J connectivity index is 2.51. The number of aldehydes is 1. The SMILES string of the molecule is O=Cc1cc(-c2cccnn2)ccc1O. The van der Waals surface area contributed by atoms with Crippen molar-refractivity contribution < 1.29 is 9.90 Å². The number of phenolic OH excluding ortho intramolecular Hbond substituents is 1. The molecule has 0 spiro atoms. The smallest absolute Gasteiger partial charge is 0.153 e. The van der Waals surface area contributed by atoms with E-state index in [1.807, 2.05) is 0 Å². The maximum Gasteiger partial charge on any atom is 0.153 e. The van der Waals surface area contributed by atoms with Crippen molar-refractivity contribution >= 4 is 6.29 Å². The lowest BCUT2D eigenvalue weighted by atomic mass is 10.1. The second-order valence-corrected chi connectivity index (χ2v) is 3.00. The van der Waals surface area contributed by atoms with Gasteiger partial charge >= 0.3 is 0 Å². The third-order valence-electron chi connectivity index (χ3n) is 2.02. The van der Waals surface area contributed by atoms with Crippen molar-refractivity contribution in [2.45, 2.75) is 0 Å². The summed E-state index contributed by atoms with van der Waals surface area (Å²) in [4.78, 5) is 10.6. The van der Waals surface area contributed by atoms with Gasteiger partial charge < -0.3 is 5.11 Å². The van der Waals surface area contributed by atoms with Crippen molar-refractivity contribution in [1.29, 1.82) is 0 Å². The van der Waals surface area contributed by atoms with Gasteiger partial charge in [-0.05, 0) is 30.3 Å². The predicted molar refractivity (Wildman–Crippen MR) is 54.5 cm³/mol. The first kappa shape index (κ1) is 9.33. The summed E-state index contributed by atoms with van der Waals surface area (Å²) in [5.41, 5.74) is 1.67. The average Bonchev–Trinajstić information content (AvgIpc) is 2.31. The number of benzene rings is 1. The maximum absolute atomic E-state index is 10.6. The van der Waals surface area contributed by atoms with Crippen LogP contribution in [0.3, 0.4) is 0 Å². The van der Waals surface area contributed by atoms with E-state index in [0.29, 0.717) is 12.0 Å². The molecule has 1 N–H and O–H groups in total. The maximum atomic E-state index is 10.6. The molecule has 0 unspecified atom stereocenters. The van der Waals surface area contributed by atoms with E-state index in [9.17, 15) is 9.90 Å². The third kappa shape index (κ3) is 1.83. The molecule has 0 aliphatic rings. The number of hydrogen-bond donors (Lipinski definition) is 1. The Morgan fingerprint density at radius 1 is 1.27 bits per heavy atom. The topological polar surface area (TPSA) is 63.1 Å². The Hall–Kier alpha value is -2.23. The lowest BCUT2D eigenvalue weighted by Crippen LogP contribution is -1.88. The Morgan fingerprint density at radius 2 is 2.13 bits per heavy atom. The summed E-state index contributed by atoms with van der Waals surface area (Å²) < 4.78 is 0. The van der Waals surface area contributed by atoms with Gasteiger partial charge in [0.2, 0.25) is 0 Å². The molecule has 74 valence electrons. The molecule has 1 aromatic heterocycles. The molecular formula is C11H8N2O2. The Morgan fingerprint density at radius 3 is 2.80 bits per heavy atom. The molecule has 0 aliphatic carbocycles. The molecule has 0 bridgehead atoms. The van der Waals surface area contributed by atoms with E-state index in [2.05, 4.69) is 10.2 Å². The van der Waals surface area contributed by atoms with Gasteiger partial charge in [-0.2, -0.15) is 10.2 Å². The third-order valence-corrected chi connectivity index (χ3v) is 2.02. The van der Waals surface area contributed by atoms with Crippen molar-refractivity contribution in [3.63, 3.8) is 0 Å². The molecule has 0 radical (unpaired) electrons. The van der Waals surface area contributed by atoms with Crippen LogP contribution in [0.15, 0.2) is 36.5 Å². The second kappa shape index (κ2) is 3.88. The van der Waals surface area contributed by atoms with Gasteiger partial charge in [-0.1, -0.05) is 0 Å². The molecule has 4 heteroatoms. The Kier molecular flexibility index (Phi) is 2.41. The van der Waals surface area contributed by atoms with Crippen LogP contribution in [0, 0.1) is 0 Å². The van der Waals surface area contributed by atoms with Crippen molar-refractivity contribution in [3.8, 4) is 17.0 Å². The number of aromatic hydroxyl groups is 1. The number of rotatable bonds is 2. The Bertz CT molecular complexity index is 483. The summed E-state index contributed by atoms with van der Waals surface area (Å²) >= 11 is 0. The lowest BCUT2D eigenvalue weighted by Gasteiger charge is -2.01. The van der Waals surface area contributed by atoms with Gasteiger partial charge in [-0.3, -0.25) is 4.79 Å². The van der Waals surface area contributed by atoms with Crippen LogP contribution in [0.1, 0.15) is 10.4 Å². The van der Waals surface area contributed by atoms with Crippen LogP contribution >= 0.6 is 0 Å². The largest absolute Gasteiger partial charge is 0.507 e. The molecule has 0 saturated carbocycles. The highest BCUT2D eigenvalue weighted by Crippen LogP contribution is 2.22. The highest BCUT2D eigenvalue weighted by Gasteiger charge is 2.04. The monoisotopic (exact) mass is 200 g/mol. The number of phenols is 1. The number of carbonyl (C=O) groups excluding carboxylic acids is 1. The van der Waals surface area contributed by atoms with Gasteiger partial charge in [0.15, 0.2) is 6.29 Å². The van der Waals surface area contributed by atoms with Crippen molar-refractivity contribution in [2.75, 3.05) is 0 Å². The van der Waals surface area contributed by atoms with Gasteiger partial charge in [-0.25, -0.2) is 0 Å². The quantitative estimate of drug-likeness (QED) is 0.749. The molecule has 15 heavy (non-hydrogen) atoms. The van der Waals surface area contributed by atoms with Gasteiger partial charge in [0.05, 0.1) is 11.3 Å². The number of aromatic nitrogens is 2. The van der Waals surface area contributed by atoms with Crippen LogP contribution in [-0.2, 0) is 0 Å². The van der Waals surface area contributed by atoms with Crippen molar-refractivity contribution in [1.82, 2.24) is 10.2 Å². The van der Waals surface area contributed by atoms with Crippen LogP contribution in [0.2, 0.25) is 0 Å². The molecular weight excluding hydrogens is 192 g/mol. The zero-order valence-corrected chi connectivity index (χ0v) is 7.79. The minimum absolute atomic E-state index is 0.0300. The molecule has 1 aromatic carbocycles. The minimum Gasteiger partial charge on any atom is -0.507 e. The predicted octanol–water partition coefficient (Wildman–Crippen LogP) is 1.66. The number of nitrogens with zero attached hydrogens (tertiary/aromatic N) is 2. The van der Waals surface area contributed by atoms with E-state index in [4.69, 9.17) is 0 Å². The summed E-state index contributed by atoms with van der Waals surface area (Å²) in [5.74, 6) is -0.0300. The molecule has 1 heterocycles. The summed E-state index contributed by atoms with van der Waals surface area (Å²) in [7, 11) is 0. The van der Waals surface area contributed by atoms with E-state index >= 15 is 0 Å². The van der Waals surface area contributed by atoms with Gasteiger partial charge in [0, 0.05) is 11.8 Å².